The summed E-state index contributed by atoms with van der Waals surface area (Å²) in [6.07, 6.45) is 3.19. The highest BCUT2D eigenvalue weighted by Gasteiger charge is 2.20. The number of fused-ring (bicyclic) bond motifs is 1. The Morgan fingerprint density at radius 2 is 2.20 bits per heavy atom. The number of rotatable bonds is 0. The van der Waals surface area contributed by atoms with Crippen LogP contribution in [0.15, 0.2) is 18.2 Å². The summed E-state index contributed by atoms with van der Waals surface area (Å²) in [6.45, 7) is 2.39. The Labute approximate surface area is 89.9 Å². The van der Waals surface area contributed by atoms with E-state index in [1.165, 1.54) is 5.56 Å². The van der Waals surface area contributed by atoms with E-state index in [4.69, 9.17) is 5.73 Å². The van der Waals surface area contributed by atoms with Gasteiger partial charge in [0.05, 0.1) is 11.4 Å². The Balaban J connectivity index is 2.51. The van der Waals surface area contributed by atoms with Gasteiger partial charge in [-0.05, 0) is 30.9 Å². The Bertz CT molecular complexity index is 387. The highest BCUT2D eigenvalue weighted by Crippen LogP contribution is 2.31. The smallest absolute Gasteiger partial charge is 0.223 e. The minimum Gasteiger partial charge on any atom is -0.397 e. The number of hydrogen-bond acceptors (Lipinski definition) is 2. The van der Waals surface area contributed by atoms with Crippen molar-refractivity contribution in [2.45, 2.75) is 26.2 Å². The summed E-state index contributed by atoms with van der Waals surface area (Å²) in [7, 11) is 0. The Morgan fingerprint density at radius 1 is 1.40 bits per heavy atom. The third-order valence-electron chi connectivity index (χ3n) is 2.88. The summed E-state index contributed by atoms with van der Waals surface area (Å²) in [5.41, 5.74) is 8.79. The molecule has 0 aliphatic carbocycles. The molecule has 0 spiro atoms. The van der Waals surface area contributed by atoms with Crippen molar-refractivity contribution in [1.29, 1.82) is 0 Å². The molecule has 0 radical (unpaired) electrons. The molecule has 3 heteroatoms. The molecule has 1 aliphatic rings. The fourth-order valence-corrected chi connectivity index (χ4v) is 2.15. The maximum Gasteiger partial charge on any atom is 0.223 e. The lowest BCUT2D eigenvalue weighted by molar-refractivity contribution is -0.116. The average molecular weight is 204 g/mol. The number of benzene rings is 1. The monoisotopic (exact) mass is 204 g/mol. The number of amides is 1. The molecule has 2 rings (SSSR count). The molecule has 2 N–H and O–H groups in total. The van der Waals surface area contributed by atoms with Crippen LogP contribution in [0, 0.1) is 0 Å². The molecule has 0 bridgehead atoms. The molecule has 1 aliphatic heterocycles. The number of carbonyl (C=O) groups is 1. The van der Waals surface area contributed by atoms with Crippen LogP contribution in [0.2, 0.25) is 0 Å². The average Bonchev–Trinajstić information content (AvgIpc) is 2.40. The van der Waals surface area contributed by atoms with E-state index in [1.54, 1.807) is 11.8 Å². The van der Waals surface area contributed by atoms with E-state index in [0.29, 0.717) is 5.69 Å². The summed E-state index contributed by atoms with van der Waals surface area (Å²) < 4.78 is 0. The lowest BCUT2D eigenvalue weighted by Crippen LogP contribution is -2.29. The van der Waals surface area contributed by atoms with Crippen LogP contribution in [-0.4, -0.2) is 12.5 Å². The second kappa shape index (κ2) is 3.93. The molecule has 0 atom stereocenters. The van der Waals surface area contributed by atoms with Crippen LogP contribution >= 0.6 is 0 Å². The van der Waals surface area contributed by atoms with Crippen molar-refractivity contribution < 1.29 is 4.79 Å². The van der Waals surface area contributed by atoms with E-state index in [9.17, 15) is 4.79 Å². The minimum atomic E-state index is 0.0797. The van der Waals surface area contributed by atoms with Gasteiger partial charge >= 0.3 is 0 Å². The maximum atomic E-state index is 11.5. The summed E-state index contributed by atoms with van der Waals surface area (Å²) in [5.74, 6) is 0.0797. The Morgan fingerprint density at radius 3 is 2.93 bits per heavy atom. The fraction of sp³-hybridized carbons (Fsp3) is 0.417. The quantitative estimate of drug-likeness (QED) is 0.657. The van der Waals surface area contributed by atoms with E-state index in [-0.39, 0.29) is 5.91 Å². The first-order chi connectivity index (χ1) is 7.20. The van der Waals surface area contributed by atoms with Crippen molar-refractivity contribution in [3.8, 4) is 0 Å². The van der Waals surface area contributed by atoms with Gasteiger partial charge < -0.3 is 10.6 Å². The predicted molar refractivity (Wildman–Crippen MR) is 61.8 cm³/mol. The topological polar surface area (TPSA) is 46.3 Å². The second-order valence-corrected chi connectivity index (χ2v) is 3.98. The lowest BCUT2D eigenvalue weighted by atomic mass is 10.1. The molecule has 0 saturated carbocycles. The molecule has 0 unspecified atom stereocenters. The Kier molecular flexibility index (Phi) is 2.62. The van der Waals surface area contributed by atoms with Gasteiger partial charge in [-0.2, -0.15) is 0 Å². The van der Waals surface area contributed by atoms with Crippen molar-refractivity contribution in [2.24, 2.45) is 0 Å². The van der Waals surface area contributed by atoms with Crippen molar-refractivity contribution in [2.75, 3.05) is 17.2 Å². The molecule has 3 nitrogen and oxygen atoms in total. The largest absolute Gasteiger partial charge is 0.397 e. The molecule has 0 saturated heterocycles. The normalized spacial score (nSPS) is 15.7. The van der Waals surface area contributed by atoms with Crippen molar-refractivity contribution >= 4 is 17.3 Å². The number of nitrogens with zero attached hydrogens (tertiary/aromatic N) is 1. The molecular weight excluding hydrogens is 188 g/mol. The van der Waals surface area contributed by atoms with Crippen molar-refractivity contribution in [1.82, 2.24) is 0 Å². The number of nitrogens with two attached hydrogens (primary N) is 1. The number of aryl methyl sites for hydroxylation is 1. The molecule has 1 aromatic rings. The van der Waals surface area contributed by atoms with E-state index >= 15 is 0 Å². The van der Waals surface area contributed by atoms with Gasteiger partial charge in [-0.1, -0.05) is 12.1 Å². The zero-order valence-electron chi connectivity index (χ0n) is 8.99. The molecule has 15 heavy (non-hydrogen) atoms. The van der Waals surface area contributed by atoms with Crippen LogP contribution in [0.25, 0.3) is 0 Å². The number of para-hydroxylation sites is 1. The van der Waals surface area contributed by atoms with Gasteiger partial charge in [-0.3, -0.25) is 4.79 Å². The highest BCUT2D eigenvalue weighted by molar-refractivity contribution is 5.96. The molecule has 1 aromatic carbocycles. The van der Waals surface area contributed by atoms with Crippen LogP contribution < -0.4 is 10.6 Å². The fourth-order valence-electron chi connectivity index (χ4n) is 2.15. The van der Waals surface area contributed by atoms with Crippen LogP contribution in [-0.2, 0) is 11.2 Å². The number of hydrogen-bond donors (Lipinski definition) is 1. The third-order valence-corrected chi connectivity index (χ3v) is 2.88. The molecule has 1 heterocycles. The first kappa shape index (κ1) is 10.0. The highest BCUT2D eigenvalue weighted by atomic mass is 16.2. The second-order valence-electron chi connectivity index (χ2n) is 3.98. The summed E-state index contributed by atoms with van der Waals surface area (Å²) >= 11 is 0. The van der Waals surface area contributed by atoms with Gasteiger partial charge in [0.25, 0.3) is 0 Å². The SMILES string of the molecule is CC(=O)N1CCCCc2cccc(N)c21. The third kappa shape index (κ3) is 1.82. The van der Waals surface area contributed by atoms with Crippen molar-refractivity contribution in [3.63, 3.8) is 0 Å². The lowest BCUT2D eigenvalue weighted by Gasteiger charge is -2.22. The van der Waals surface area contributed by atoms with Gasteiger partial charge in [-0.15, -0.1) is 0 Å². The van der Waals surface area contributed by atoms with Crippen LogP contribution in [0.4, 0.5) is 11.4 Å². The number of nitrogen functional groups attached to an aromatic ring is 1. The molecule has 1 amide bonds. The van der Waals surface area contributed by atoms with Crippen LogP contribution in [0.3, 0.4) is 0 Å². The van der Waals surface area contributed by atoms with E-state index < -0.39 is 0 Å². The zero-order chi connectivity index (χ0) is 10.8. The summed E-state index contributed by atoms with van der Waals surface area (Å²) in [5, 5.41) is 0. The first-order valence-corrected chi connectivity index (χ1v) is 5.35. The zero-order valence-corrected chi connectivity index (χ0v) is 8.99. The first-order valence-electron chi connectivity index (χ1n) is 5.35. The minimum absolute atomic E-state index is 0.0797. The Hall–Kier alpha value is -1.51. The van der Waals surface area contributed by atoms with Gasteiger partial charge in [-0.25, -0.2) is 0 Å². The van der Waals surface area contributed by atoms with Gasteiger partial charge in [0.1, 0.15) is 0 Å². The number of carbonyl (C=O) groups excluding carboxylic acids is 1. The van der Waals surface area contributed by atoms with Gasteiger partial charge in [0.15, 0.2) is 0 Å². The van der Waals surface area contributed by atoms with Crippen LogP contribution in [0.5, 0.6) is 0 Å². The van der Waals surface area contributed by atoms with E-state index in [2.05, 4.69) is 6.07 Å². The van der Waals surface area contributed by atoms with Gasteiger partial charge in [0.2, 0.25) is 5.91 Å². The van der Waals surface area contributed by atoms with Gasteiger partial charge in [0, 0.05) is 13.5 Å². The van der Waals surface area contributed by atoms with E-state index in [0.717, 1.165) is 31.5 Å². The predicted octanol–water partition coefficient (Wildman–Crippen LogP) is 1.96. The molecule has 0 aromatic heterocycles. The number of anilines is 2. The van der Waals surface area contributed by atoms with E-state index in [1.807, 2.05) is 12.1 Å². The van der Waals surface area contributed by atoms with Crippen molar-refractivity contribution in [3.05, 3.63) is 23.8 Å². The molecule has 0 fully saturated rings. The van der Waals surface area contributed by atoms with Crippen LogP contribution in [0.1, 0.15) is 25.3 Å². The molecule has 80 valence electrons. The summed E-state index contributed by atoms with van der Waals surface area (Å²) in [4.78, 5) is 13.3. The maximum absolute atomic E-state index is 11.5. The standard InChI is InChI=1S/C12H16N2O/c1-9(15)14-8-3-2-5-10-6-4-7-11(13)12(10)14/h4,6-7H,2-3,5,8,13H2,1H3. The molecular formula is C12H16N2O. The summed E-state index contributed by atoms with van der Waals surface area (Å²) in [6, 6.07) is 5.88.